The highest BCUT2D eigenvalue weighted by molar-refractivity contribution is 7.13. The number of anilines is 2. The first-order valence-electron chi connectivity index (χ1n) is 9.85. The molecular weight excluding hydrogens is 370 g/mol. The fourth-order valence-electron chi connectivity index (χ4n) is 3.61. The SMILES string of the molecule is Cc1oc(-c2cccs2)nc1CC(=O)Nc1ccccc1N1CCCCCC1. The number of rotatable bonds is 5. The quantitative estimate of drug-likeness (QED) is 0.639. The van der Waals surface area contributed by atoms with Crippen molar-refractivity contribution >= 4 is 28.6 Å². The molecule has 2 aromatic heterocycles. The fourth-order valence-corrected chi connectivity index (χ4v) is 4.26. The summed E-state index contributed by atoms with van der Waals surface area (Å²) in [4.78, 5) is 20.6. The summed E-state index contributed by atoms with van der Waals surface area (Å²) in [7, 11) is 0. The van der Waals surface area contributed by atoms with Crippen LogP contribution in [0, 0.1) is 6.92 Å². The molecule has 1 aliphatic heterocycles. The lowest BCUT2D eigenvalue weighted by Gasteiger charge is -2.25. The highest BCUT2D eigenvalue weighted by atomic mass is 32.1. The van der Waals surface area contributed by atoms with Gasteiger partial charge >= 0.3 is 0 Å². The third-order valence-corrected chi connectivity index (χ3v) is 5.94. The van der Waals surface area contributed by atoms with Crippen LogP contribution in [0.4, 0.5) is 11.4 Å². The van der Waals surface area contributed by atoms with Gasteiger partial charge in [0, 0.05) is 13.1 Å². The molecule has 1 amide bonds. The van der Waals surface area contributed by atoms with Gasteiger partial charge < -0.3 is 14.6 Å². The lowest BCUT2D eigenvalue weighted by molar-refractivity contribution is -0.115. The Bertz CT molecular complexity index is 925. The zero-order valence-corrected chi connectivity index (χ0v) is 16.9. The number of nitrogens with one attached hydrogen (secondary N) is 1. The van der Waals surface area contributed by atoms with Crippen LogP contribution in [0.2, 0.25) is 0 Å². The summed E-state index contributed by atoms with van der Waals surface area (Å²) in [6, 6.07) is 12.0. The summed E-state index contributed by atoms with van der Waals surface area (Å²) in [6.07, 6.45) is 5.17. The predicted octanol–water partition coefficient (Wildman–Crippen LogP) is 5.27. The number of hydrogen-bond donors (Lipinski definition) is 1. The Morgan fingerprint density at radius 1 is 1.14 bits per heavy atom. The van der Waals surface area contributed by atoms with Gasteiger partial charge in [-0.3, -0.25) is 4.79 Å². The molecule has 146 valence electrons. The number of carbonyl (C=O) groups excluding carboxylic acids is 1. The molecule has 6 heteroatoms. The van der Waals surface area contributed by atoms with Crippen molar-refractivity contribution in [2.45, 2.75) is 39.0 Å². The van der Waals surface area contributed by atoms with E-state index in [9.17, 15) is 4.79 Å². The van der Waals surface area contributed by atoms with Crippen LogP contribution >= 0.6 is 11.3 Å². The van der Waals surface area contributed by atoms with Crippen LogP contribution < -0.4 is 10.2 Å². The number of thiophene rings is 1. The van der Waals surface area contributed by atoms with Crippen molar-refractivity contribution in [2.75, 3.05) is 23.3 Å². The van der Waals surface area contributed by atoms with Gasteiger partial charge in [0.1, 0.15) is 5.76 Å². The predicted molar refractivity (Wildman–Crippen MR) is 114 cm³/mol. The molecule has 3 aromatic rings. The van der Waals surface area contributed by atoms with E-state index in [0.717, 1.165) is 29.3 Å². The van der Waals surface area contributed by atoms with E-state index in [1.54, 1.807) is 11.3 Å². The molecule has 1 fully saturated rings. The molecule has 28 heavy (non-hydrogen) atoms. The van der Waals surface area contributed by atoms with Crippen LogP contribution in [0.5, 0.6) is 0 Å². The number of hydrogen-bond acceptors (Lipinski definition) is 5. The Balaban J connectivity index is 1.47. The summed E-state index contributed by atoms with van der Waals surface area (Å²) >= 11 is 1.58. The summed E-state index contributed by atoms with van der Waals surface area (Å²) in [5, 5.41) is 5.08. The van der Waals surface area contributed by atoms with E-state index < -0.39 is 0 Å². The van der Waals surface area contributed by atoms with Gasteiger partial charge in [0.15, 0.2) is 0 Å². The van der Waals surface area contributed by atoms with Gasteiger partial charge in [0.05, 0.1) is 28.4 Å². The summed E-state index contributed by atoms with van der Waals surface area (Å²) < 4.78 is 5.75. The minimum Gasteiger partial charge on any atom is -0.440 e. The molecule has 1 saturated heterocycles. The van der Waals surface area contributed by atoms with Gasteiger partial charge in [0.25, 0.3) is 0 Å². The van der Waals surface area contributed by atoms with E-state index >= 15 is 0 Å². The number of carbonyl (C=O) groups is 1. The molecular formula is C22H25N3O2S. The van der Waals surface area contributed by atoms with Gasteiger partial charge in [-0.25, -0.2) is 4.98 Å². The van der Waals surface area contributed by atoms with Crippen molar-refractivity contribution in [2.24, 2.45) is 0 Å². The minimum atomic E-state index is -0.0728. The first-order valence-corrected chi connectivity index (χ1v) is 10.7. The number of oxazole rings is 1. The fraction of sp³-hybridized carbons (Fsp3) is 0.364. The summed E-state index contributed by atoms with van der Waals surface area (Å²) in [6.45, 7) is 3.94. The topological polar surface area (TPSA) is 58.4 Å². The molecule has 0 radical (unpaired) electrons. The lowest BCUT2D eigenvalue weighted by atomic mass is 10.2. The maximum absolute atomic E-state index is 12.7. The highest BCUT2D eigenvalue weighted by Crippen LogP contribution is 2.29. The van der Waals surface area contributed by atoms with Crippen LogP contribution in [0.15, 0.2) is 46.2 Å². The van der Waals surface area contributed by atoms with Gasteiger partial charge in [-0.2, -0.15) is 0 Å². The van der Waals surface area contributed by atoms with Crippen LogP contribution in [-0.2, 0) is 11.2 Å². The third-order valence-electron chi connectivity index (χ3n) is 5.08. The summed E-state index contributed by atoms with van der Waals surface area (Å²) in [5.41, 5.74) is 2.66. The Morgan fingerprint density at radius 2 is 1.93 bits per heavy atom. The number of para-hydroxylation sites is 2. The van der Waals surface area contributed by atoms with Crippen molar-refractivity contribution in [3.8, 4) is 10.8 Å². The van der Waals surface area contributed by atoms with Gasteiger partial charge in [0.2, 0.25) is 11.8 Å². The molecule has 0 aliphatic carbocycles. The molecule has 0 bridgehead atoms. The molecule has 1 aliphatic rings. The zero-order valence-electron chi connectivity index (χ0n) is 16.1. The second-order valence-corrected chi connectivity index (χ2v) is 8.09. The van der Waals surface area contributed by atoms with Crippen LogP contribution in [0.3, 0.4) is 0 Å². The van der Waals surface area contributed by atoms with Crippen molar-refractivity contribution in [1.82, 2.24) is 4.98 Å². The second kappa shape index (κ2) is 8.61. The molecule has 0 atom stereocenters. The molecule has 1 N–H and O–H groups in total. The first-order chi connectivity index (χ1) is 13.7. The standard InChI is InChI=1S/C22H25N3O2S/c1-16-18(24-22(27-16)20-11-8-14-28-20)15-21(26)23-17-9-4-5-10-19(17)25-12-6-2-3-7-13-25/h4-5,8-11,14H,2-3,6-7,12-13,15H2,1H3,(H,23,26). The van der Waals surface area contributed by atoms with E-state index in [4.69, 9.17) is 4.42 Å². The van der Waals surface area contributed by atoms with Gasteiger partial charge in [-0.15, -0.1) is 11.3 Å². The van der Waals surface area contributed by atoms with Crippen molar-refractivity contribution in [3.63, 3.8) is 0 Å². The molecule has 0 saturated carbocycles. The lowest BCUT2D eigenvalue weighted by Crippen LogP contribution is -2.26. The maximum Gasteiger partial charge on any atom is 0.236 e. The Hall–Kier alpha value is -2.60. The van der Waals surface area contributed by atoms with E-state index in [1.165, 1.54) is 25.7 Å². The van der Waals surface area contributed by atoms with Crippen LogP contribution in [0.1, 0.15) is 37.1 Å². The number of benzene rings is 1. The minimum absolute atomic E-state index is 0.0728. The number of nitrogens with zero attached hydrogens (tertiary/aromatic N) is 2. The molecule has 5 nitrogen and oxygen atoms in total. The maximum atomic E-state index is 12.7. The molecule has 3 heterocycles. The summed E-state index contributed by atoms with van der Waals surface area (Å²) in [5.74, 6) is 1.20. The molecule has 1 aromatic carbocycles. The molecule has 0 unspecified atom stereocenters. The van der Waals surface area contributed by atoms with Gasteiger partial charge in [-0.1, -0.05) is 31.0 Å². The second-order valence-electron chi connectivity index (χ2n) is 7.14. The smallest absolute Gasteiger partial charge is 0.236 e. The molecule has 0 spiro atoms. The average molecular weight is 396 g/mol. The van der Waals surface area contributed by atoms with E-state index in [-0.39, 0.29) is 12.3 Å². The van der Waals surface area contributed by atoms with Crippen molar-refractivity contribution < 1.29 is 9.21 Å². The molecule has 4 rings (SSSR count). The number of aryl methyl sites for hydroxylation is 1. The van der Waals surface area contributed by atoms with Crippen molar-refractivity contribution in [3.05, 3.63) is 53.2 Å². The Kier molecular flexibility index (Phi) is 5.76. The number of amides is 1. The van der Waals surface area contributed by atoms with E-state index in [0.29, 0.717) is 17.3 Å². The Morgan fingerprint density at radius 3 is 2.68 bits per heavy atom. The van der Waals surface area contributed by atoms with E-state index in [1.807, 2.05) is 42.6 Å². The zero-order chi connectivity index (χ0) is 19.3. The average Bonchev–Trinajstić information content (AvgIpc) is 3.25. The van der Waals surface area contributed by atoms with Gasteiger partial charge in [-0.05, 0) is 43.3 Å². The van der Waals surface area contributed by atoms with Crippen LogP contribution in [-0.4, -0.2) is 24.0 Å². The Labute approximate surface area is 169 Å². The van der Waals surface area contributed by atoms with Crippen molar-refractivity contribution in [1.29, 1.82) is 0 Å². The largest absolute Gasteiger partial charge is 0.440 e. The van der Waals surface area contributed by atoms with Crippen LogP contribution in [0.25, 0.3) is 10.8 Å². The highest BCUT2D eigenvalue weighted by Gasteiger charge is 2.18. The monoisotopic (exact) mass is 395 g/mol. The first kappa shape index (κ1) is 18.7. The van der Waals surface area contributed by atoms with E-state index in [2.05, 4.69) is 21.3 Å². The normalized spacial score (nSPS) is 14.7. The third kappa shape index (κ3) is 4.28. The number of aromatic nitrogens is 1.